The number of aryl methyl sites for hydroxylation is 1. The van der Waals surface area contributed by atoms with Crippen molar-refractivity contribution in [3.63, 3.8) is 0 Å². The second kappa shape index (κ2) is 9.05. The summed E-state index contributed by atoms with van der Waals surface area (Å²) in [4.78, 5) is 12.8. The first-order valence-electron chi connectivity index (χ1n) is 6.59. The summed E-state index contributed by atoms with van der Waals surface area (Å²) < 4.78 is 26.4. The van der Waals surface area contributed by atoms with Crippen molar-refractivity contribution in [1.82, 2.24) is 4.72 Å². The summed E-state index contributed by atoms with van der Waals surface area (Å²) in [6.45, 7) is 2.02. The molecule has 2 amide bonds. The Labute approximate surface area is 166 Å². The van der Waals surface area contributed by atoms with E-state index in [2.05, 4.69) is 5.32 Å². The third kappa shape index (κ3) is 6.10. The molecule has 0 unspecified atom stereocenters. The molecule has 2 N–H and O–H groups in total. The van der Waals surface area contributed by atoms with Gasteiger partial charge < -0.3 is 5.32 Å². The monoisotopic (exact) mass is 381 g/mol. The van der Waals surface area contributed by atoms with Gasteiger partial charge in [-0.2, -0.15) is 0 Å². The van der Waals surface area contributed by atoms with Gasteiger partial charge in [-0.3, -0.25) is 0 Å². The minimum atomic E-state index is -3.85. The molecule has 2 rings (SSSR count). The fourth-order valence-electron chi connectivity index (χ4n) is 1.75. The zero-order valence-electron chi connectivity index (χ0n) is 12.8. The molecule has 1 aromatic carbocycles. The SMILES string of the molecule is CCCc1ccc(S(=O)(=O)NC(=O)Nc2ccc(Cl)cc2)s1.[Na+]. The van der Waals surface area contributed by atoms with Crippen molar-refractivity contribution in [3.8, 4) is 0 Å². The summed E-state index contributed by atoms with van der Waals surface area (Å²) in [6, 6.07) is 8.82. The van der Waals surface area contributed by atoms with E-state index in [1.807, 2.05) is 11.6 Å². The Kier molecular flexibility index (Phi) is 8.06. The smallest absolute Gasteiger partial charge is 0.307 e. The number of carbonyl (C=O) groups is 1. The predicted molar refractivity (Wildman–Crippen MR) is 89.1 cm³/mol. The number of halogens is 1. The average molecular weight is 382 g/mol. The quantitative estimate of drug-likeness (QED) is 0.755. The molecule has 5 nitrogen and oxygen atoms in total. The number of nitrogens with one attached hydrogen (secondary N) is 2. The number of benzene rings is 1. The van der Waals surface area contributed by atoms with Crippen LogP contribution < -0.4 is 39.6 Å². The third-order valence-electron chi connectivity index (χ3n) is 2.73. The van der Waals surface area contributed by atoms with Crippen LogP contribution in [0.2, 0.25) is 5.02 Å². The molecule has 0 saturated heterocycles. The molecule has 0 atom stereocenters. The summed E-state index contributed by atoms with van der Waals surface area (Å²) >= 11 is 6.91. The molecular weight excluding hydrogens is 367 g/mol. The van der Waals surface area contributed by atoms with Crippen LogP contribution in [0.15, 0.2) is 40.6 Å². The van der Waals surface area contributed by atoms with Crippen LogP contribution in [0.5, 0.6) is 0 Å². The van der Waals surface area contributed by atoms with Crippen molar-refractivity contribution < 1.29 is 42.8 Å². The summed E-state index contributed by atoms with van der Waals surface area (Å²) in [7, 11) is -3.85. The van der Waals surface area contributed by atoms with Gasteiger partial charge in [-0.05, 0) is 42.8 Å². The summed E-state index contributed by atoms with van der Waals surface area (Å²) in [6.07, 6.45) is 1.75. The topological polar surface area (TPSA) is 75.3 Å². The van der Waals surface area contributed by atoms with Crippen LogP contribution in [0, 0.1) is 0 Å². The minimum absolute atomic E-state index is 0. The molecule has 0 aliphatic rings. The molecule has 0 spiro atoms. The molecule has 0 aliphatic carbocycles. The Balaban J connectivity index is 0.00000264. The van der Waals surface area contributed by atoms with Crippen LogP contribution >= 0.6 is 22.9 Å². The van der Waals surface area contributed by atoms with Crippen LogP contribution in [0.25, 0.3) is 0 Å². The molecule has 1 heterocycles. The van der Waals surface area contributed by atoms with Gasteiger partial charge in [0.15, 0.2) is 0 Å². The summed E-state index contributed by atoms with van der Waals surface area (Å²) in [5, 5.41) is 2.97. The Hall–Kier alpha value is -0.570. The Morgan fingerprint density at radius 1 is 1.17 bits per heavy atom. The van der Waals surface area contributed by atoms with Crippen LogP contribution in [0.3, 0.4) is 0 Å². The molecule has 0 bridgehead atoms. The van der Waals surface area contributed by atoms with E-state index >= 15 is 0 Å². The fraction of sp³-hybridized carbons (Fsp3) is 0.214. The van der Waals surface area contributed by atoms with Gasteiger partial charge in [0.2, 0.25) is 0 Å². The molecule has 1 aromatic heterocycles. The second-order valence-electron chi connectivity index (χ2n) is 4.54. The van der Waals surface area contributed by atoms with E-state index < -0.39 is 16.1 Å². The molecular formula is C14H15ClN2NaO3S2+. The standard InChI is InChI=1S/C14H15ClN2O3S2.Na/c1-2-3-12-8-9-13(21-12)22(19,20)17-14(18)16-11-6-4-10(15)5-7-11;/h4-9H,2-3H2,1H3,(H2,16,17,18);/q;+1. The molecule has 2 aromatic rings. The van der Waals surface area contributed by atoms with Crippen molar-refractivity contribution in [2.45, 2.75) is 24.0 Å². The van der Waals surface area contributed by atoms with Crippen molar-refractivity contribution in [2.24, 2.45) is 0 Å². The maximum atomic E-state index is 12.1. The van der Waals surface area contributed by atoms with E-state index in [1.54, 1.807) is 30.3 Å². The first-order valence-corrected chi connectivity index (χ1v) is 9.26. The fourth-order valence-corrected chi connectivity index (χ4v) is 4.24. The Bertz CT molecular complexity index is 761. The van der Waals surface area contributed by atoms with E-state index in [0.717, 1.165) is 17.7 Å². The maximum Gasteiger partial charge on any atom is 1.00 e. The van der Waals surface area contributed by atoms with Gasteiger partial charge in [-0.1, -0.05) is 24.9 Å². The van der Waals surface area contributed by atoms with Gasteiger partial charge in [-0.15, -0.1) is 11.3 Å². The van der Waals surface area contributed by atoms with E-state index in [1.165, 1.54) is 17.4 Å². The van der Waals surface area contributed by atoms with Gasteiger partial charge in [0.25, 0.3) is 10.0 Å². The molecule has 0 radical (unpaired) electrons. The molecule has 23 heavy (non-hydrogen) atoms. The minimum Gasteiger partial charge on any atom is -0.307 e. The number of amides is 2. The normalized spacial score (nSPS) is 10.7. The number of anilines is 1. The maximum absolute atomic E-state index is 12.1. The van der Waals surface area contributed by atoms with Crippen molar-refractivity contribution >= 4 is 44.7 Å². The van der Waals surface area contributed by atoms with E-state index in [4.69, 9.17) is 11.6 Å². The first-order chi connectivity index (χ1) is 10.4. The number of rotatable bonds is 5. The van der Waals surface area contributed by atoms with E-state index in [0.29, 0.717) is 10.7 Å². The van der Waals surface area contributed by atoms with Crippen LogP contribution in [-0.2, 0) is 16.4 Å². The van der Waals surface area contributed by atoms with Crippen molar-refractivity contribution in [1.29, 1.82) is 0 Å². The number of hydrogen-bond donors (Lipinski definition) is 2. The number of hydrogen-bond acceptors (Lipinski definition) is 4. The molecule has 118 valence electrons. The summed E-state index contributed by atoms with van der Waals surface area (Å²) in [5.41, 5.74) is 0.454. The van der Waals surface area contributed by atoms with E-state index in [-0.39, 0.29) is 33.8 Å². The number of carbonyl (C=O) groups excluding carboxylic acids is 1. The number of thiophene rings is 1. The van der Waals surface area contributed by atoms with Gasteiger partial charge in [-0.25, -0.2) is 17.9 Å². The van der Waals surface area contributed by atoms with Crippen LogP contribution in [-0.4, -0.2) is 14.4 Å². The number of sulfonamides is 1. The Morgan fingerprint density at radius 3 is 2.43 bits per heavy atom. The third-order valence-corrected chi connectivity index (χ3v) is 5.95. The predicted octanol–water partition coefficient (Wildman–Crippen LogP) is 0.868. The van der Waals surface area contributed by atoms with Gasteiger partial charge in [0, 0.05) is 15.6 Å². The second-order valence-corrected chi connectivity index (χ2v) is 8.05. The molecule has 0 fully saturated rings. The largest absolute Gasteiger partial charge is 1.00 e. The molecule has 9 heteroatoms. The first kappa shape index (κ1) is 20.5. The average Bonchev–Trinajstić information content (AvgIpc) is 2.91. The van der Waals surface area contributed by atoms with E-state index in [9.17, 15) is 13.2 Å². The zero-order chi connectivity index (χ0) is 16.2. The van der Waals surface area contributed by atoms with Crippen molar-refractivity contribution in [3.05, 3.63) is 46.3 Å². The van der Waals surface area contributed by atoms with Gasteiger partial charge in [0.1, 0.15) is 4.21 Å². The molecule has 0 aliphatic heterocycles. The summed E-state index contributed by atoms with van der Waals surface area (Å²) in [5.74, 6) is 0. The van der Waals surface area contributed by atoms with Crippen LogP contribution in [0.4, 0.5) is 10.5 Å². The van der Waals surface area contributed by atoms with Gasteiger partial charge in [0.05, 0.1) is 0 Å². The van der Waals surface area contributed by atoms with Crippen molar-refractivity contribution in [2.75, 3.05) is 5.32 Å². The van der Waals surface area contributed by atoms with Crippen LogP contribution in [0.1, 0.15) is 18.2 Å². The molecule has 0 saturated carbocycles. The zero-order valence-corrected chi connectivity index (χ0v) is 17.2. The number of urea groups is 1. The Morgan fingerprint density at radius 2 is 1.83 bits per heavy atom. The van der Waals surface area contributed by atoms with Gasteiger partial charge >= 0.3 is 35.6 Å².